The highest BCUT2D eigenvalue weighted by Gasteiger charge is 2.23. The van der Waals surface area contributed by atoms with Gasteiger partial charge in [-0.3, -0.25) is 4.90 Å². The summed E-state index contributed by atoms with van der Waals surface area (Å²) in [7, 11) is 1.40. The van der Waals surface area contributed by atoms with Gasteiger partial charge in [-0.05, 0) is 31.5 Å². The zero-order chi connectivity index (χ0) is 13.8. The molecule has 1 saturated heterocycles. The average Bonchev–Trinajstić information content (AvgIpc) is 2.43. The SMILES string of the molecule is COC(=O)c1ccc(CN2CC(C)OCC2C)cc1. The van der Waals surface area contributed by atoms with E-state index in [0.717, 1.165) is 19.7 Å². The van der Waals surface area contributed by atoms with Crippen molar-refractivity contribution < 1.29 is 14.3 Å². The van der Waals surface area contributed by atoms with Crippen LogP contribution in [0.4, 0.5) is 0 Å². The molecule has 0 aliphatic carbocycles. The summed E-state index contributed by atoms with van der Waals surface area (Å²) in [6.45, 7) is 6.88. The molecule has 1 aliphatic heterocycles. The second-order valence-corrected chi connectivity index (χ2v) is 5.11. The third-order valence-corrected chi connectivity index (χ3v) is 3.50. The molecule has 104 valence electrons. The number of carbonyl (C=O) groups is 1. The Bertz CT molecular complexity index is 430. The van der Waals surface area contributed by atoms with E-state index in [1.165, 1.54) is 12.7 Å². The summed E-state index contributed by atoms with van der Waals surface area (Å²) in [6.07, 6.45) is 0.283. The maximum atomic E-state index is 11.4. The molecule has 4 heteroatoms. The highest BCUT2D eigenvalue weighted by atomic mass is 16.5. The van der Waals surface area contributed by atoms with Gasteiger partial charge in [-0.1, -0.05) is 12.1 Å². The average molecular weight is 263 g/mol. The van der Waals surface area contributed by atoms with Gasteiger partial charge >= 0.3 is 5.97 Å². The van der Waals surface area contributed by atoms with Gasteiger partial charge in [-0.2, -0.15) is 0 Å². The minimum atomic E-state index is -0.292. The van der Waals surface area contributed by atoms with E-state index in [-0.39, 0.29) is 12.1 Å². The highest BCUT2D eigenvalue weighted by molar-refractivity contribution is 5.89. The third-order valence-electron chi connectivity index (χ3n) is 3.50. The second kappa shape index (κ2) is 6.17. The van der Waals surface area contributed by atoms with Crippen molar-refractivity contribution in [2.75, 3.05) is 20.3 Å². The Morgan fingerprint density at radius 1 is 1.37 bits per heavy atom. The number of hydrogen-bond acceptors (Lipinski definition) is 4. The van der Waals surface area contributed by atoms with Crippen LogP contribution in [0.5, 0.6) is 0 Å². The number of rotatable bonds is 3. The minimum Gasteiger partial charge on any atom is -0.465 e. The maximum Gasteiger partial charge on any atom is 0.337 e. The fraction of sp³-hybridized carbons (Fsp3) is 0.533. The van der Waals surface area contributed by atoms with E-state index in [1.54, 1.807) is 0 Å². The normalized spacial score (nSPS) is 24.2. The van der Waals surface area contributed by atoms with Crippen molar-refractivity contribution in [3.8, 4) is 0 Å². The molecule has 0 bridgehead atoms. The molecule has 0 spiro atoms. The van der Waals surface area contributed by atoms with Crippen LogP contribution in [0.25, 0.3) is 0 Å². The van der Waals surface area contributed by atoms with E-state index in [1.807, 2.05) is 24.3 Å². The molecule has 1 aliphatic rings. The van der Waals surface area contributed by atoms with Crippen LogP contribution in [-0.4, -0.2) is 43.3 Å². The van der Waals surface area contributed by atoms with Crippen molar-refractivity contribution in [2.45, 2.75) is 32.5 Å². The summed E-state index contributed by atoms with van der Waals surface area (Å²) in [5, 5.41) is 0. The number of hydrogen-bond donors (Lipinski definition) is 0. The van der Waals surface area contributed by atoms with Crippen LogP contribution in [-0.2, 0) is 16.0 Å². The molecule has 0 radical (unpaired) electrons. The molecule has 1 aromatic carbocycles. The predicted molar refractivity (Wildman–Crippen MR) is 73.1 cm³/mol. The van der Waals surface area contributed by atoms with Crippen LogP contribution in [0.3, 0.4) is 0 Å². The lowest BCUT2D eigenvalue weighted by atomic mass is 10.1. The molecule has 1 heterocycles. The Morgan fingerprint density at radius 2 is 2.05 bits per heavy atom. The molecule has 19 heavy (non-hydrogen) atoms. The largest absolute Gasteiger partial charge is 0.465 e. The van der Waals surface area contributed by atoms with Gasteiger partial charge in [-0.25, -0.2) is 4.79 Å². The predicted octanol–water partition coefficient (Wildman–Crippen LogP) is 2.08. The molecule has 2 unspecified atom stereocenters. The first-order valence-electron chi connectivity index (χ1n) is 6.63. The van der Waals surface area contributed by atoms with Gasteiger partial charge in [0.05, 0.1) is 25.4 Å². The third kappa shape index (κ3) is 3.55. The van der Waals surface area contributed by atoms with Crippen LogP contribution in [0.15, 0.2) is 24.3 Å². The second-order valence-electron chi connectivity index (χ2n) is 5.11. The fourth-order valence-electron chi connectivity index (χ4n) is 2.29. The topological polar surface area (TPSA) is 38.8 Å². The smallest absolute Gasteiger partial charge is 0.337 e. The van der Waals surface area contributed by atoms with Gasteiger partial charge in [0, 0.05) is 19.1 Å². The Morgan fingerprint density at radius 3 is 2.68 bits per heavy atom. The van der Waals surface area contributed by atoms with Crippen LogP contribution in [0, 0.1) is 0 Å². The first-order valence-corrected chi connectivity index (χ1v) is 6.63. The molecule has 0 amide bonds. The Balaban J connectivity index is 2.00. The van der Waals surface area contributed by atoms with Gasteiger partial charge in [0.25, 0.3) is 0 Å². The number of ether oxygens (including phenoxy) is 2. The zero-order valence-corrected chi connectivity index (χ0v) is 11.8. The Hall–Kier alpha value is -1.39. The molecular formula is C15H21NO3. The van der Waals surface area contributed by atoms with E-state index in [9.17, 15) is 4.79 Å². The molecular weight excluding hydrogens is 242 g/mol. The number of morpholine rings is 1. The van der Waals surface area contributed by atoms with Gasteiger partial charge in [0.1, 0.15) is 0 Å². The van der Waals surface area contributed by atoms with E-state index < -0.39 is 0 Å². The number of methoxy groups -OCH3 is 1. The highest BCUT2D eigenvalue weighted by Crippen LogP contribution is 2.16. The maximum absolute atomic E-state index is 11.4. The number of esters is 1. The van der Waals surface area contributed by atoms with Crippen molar-refractivity contribution in [1.82, 2.24) is 4.90 Å². The summed E-state index contributed by atoms with van der Waals surface area (Å²) < 4.78 is 10.3. The van der Waals surface area contributed by atoms with Crippen LogP contribution >= 0.6 is 0 Å². The summed E-state index contributed by atoms with van der Waals surface area (Å²) in [4.78, 5) is 13.8. The van der Waals surface area contributed by atoms with E-state index in [0.29, 0.717) is 11.6 Å². The monoisotopic (exact) mass is 263 g/mol. The lowest BCUT2D eigenvalue weighted by Crippen LogP contribution is -2.46. The molecule has 4 nitrogen and oxygen atoms in total. The van der Waals surface area contributed by atoms with E-state index in [2.05, 4.69) is 18.7 Å². The van der Waals surface area contributed by atoms with Crippen LogP contribution in [0.2, 0.25) is 0 Å². The van der Waals surface area contributed by atoms with Crippen molar-refractivity contribution in [2.24, 2.45) is 0 Å². The number of carbonyl (C=O) groups excluding carboxylic acids is 1. The summed E-state index contributed by atoms with van der Waals surface area (Å²) in [6, 6.07) is 8.03. The molecule has 1 fully saturated rings. The van der Waals surface area contributed by atoms with Crippen LogP contribution in [0.1, 0.15) is 29.8 Å². The standard InChI is InChI=1S/C15H21NO3/c1-11-10-19-12(2)8-16(11)9-13-4-6-14(7-5-13)15(17)18-3/h4-7,11-12H,8-10H2,1-3H3. The first kappa shape index (κ1) is 14.0. The summed E-state index contributed by atoms with van der Waals surface area (Å²) in [5.74, 6) is -0.292. The van der Waals surface area contributed by atoms with Crippen LogP contribution < -0.4 is 0 Å². The van der Waals surface area contributed by atoms with E-state index >= 15 is 0 Å². The summed E-state index contributed by atoms with van der Waals surface area (Å²) in [5.41, 5.74) is 1.79. The van der Waals surface area contributed by atoms with Crippen molar-refractivity contribution in [1.29, 1.82) is 0 Å². The van der Waals surface area contributed by atoms with Crippen molar-refractivity contribution in [3.63, 3.8) is 0 Å². The van der Waals surface area contributed by atoms with Crippen molar-refractivity contribution >= 4 is 5.97 Å². The Labute approximate surface area is 114 Å². The Kier molecular flexibility index (Phi) is 4.56. The van der Waals surface area contributed by atoms with Gasteiger partial charge in [0.2, 0.25) is 0 Å². The lowest BCUT2D eigenvalue weighted by molar-refractivity contribution is -0.0526. The molecule has 0 N–H and O–H groups in total. The molecule has 0 saturated carbocycles. The quantitative estimate of drug-likeness (QED) is 0.783. The van der Waals surface area contributed by atoms with Gasteiger partial charge in [0.15, 0.2) is 0 Å². The molecule has 2 rings (SSSR count). The minimum absolute atomic E-state index is 0.283. The number of nitrogens with zero attached hydrogens (tertiary/aromatic N) is 1. The summed E-state index contributed by atoms with van der Waals surface area (Å²) >= 11 is 0. The molecule has 0 aromatic heterocycles. The van der Waals surface area contributed by atoms with Gasteiger partial charge < -0.3 is 9.47 Å². The lowest BCUT2D eigenvalue weighted by Gasteiger charge is -2.36. The molecule has 2 atom stereocenters. The zero-order valence-electron chi connectivity index (χ0n) is 11.8. The molecule has 1 aromatic rings. The number of benzene rings is 1. The fourth-order valence-corrected chi connectivity index (χ4v) is 2.29. The van der Waals surface area contributed by atoms with Gasteiger partial charge in [-0.15, -0.1) is 0 Å². The van der Waals surface area contributed by atoms with Crippen molar-refractivity contribution in [3.05, 3.63) is 35.4 Å². The van der Waals surface area contributed by atoms with E-state index in [4.69, 9.17) is 9.47 Å². The first-order chi connectivity index (χ1) is 9.10.